The molecule has 2 amide bonds. The number of amides is 2. The van der Waals surface area contributed by atoms with Crippen molar-refractivity contribution in [1.82, 2.24) is 64.5 Å². The van der Waals surface area contributed by atoms with Gasteiger partial charge in [-0.25, -0.2) is 44.2 Å². The lowest BCUT2D eigenvalue weighted by Gasteiger charge is -2.27. The maximum absolute atomic E-state index is 14.2. The summed E-state index contributed by atoms with van der Waals surface area (Å²) in [7, 11) is 7.50. The number of fused-ring (bicyclic) bond motifs is 2. The average molecular weight is 1770 g/mol. The fraction of sp³-hybridized carbons (Fsp3) is 0.263. The molecule has 0 spiro atoms. The summed E-state index contributed by atoms with van der Waals surface area (Å²) in [5.74, 6) is -8.51. The Bertz CT molecular complexity index is 5850. The van der Waals surface area contributed by atoms with E-state index in [9.17, 15) is 55.2 Å². The van der Waals surface area contributed by atoms with E-state index in [0.29, 0.717) is 78.1 Å². The molecule has 0 aliphatic carbocycles. The Morgan fingerprint density at radius 1 is 0.397 bits per heavy atom. The molecule has 1 aliphatic rings. The predicted octanol–water partition coefficient (Wildman–Crippen LogP) is 11.9. The van der Waals surface area contributed by atoms with Crippen LogP contribution in [-0.4, -0.2) is 269 Å². The van der Waals surface area contributed by atoms with Gasteiger partial charge in [0.15, 0.2) is 5.90 Å². The number of hydrogen-bond donors (Lipinski definition) is 9. The lowest BCUT2D eigenvalue weighted by molar-refractivity contribution is -0.172. The molecular weight excluding hydrogens is 1670 g/mol. The number of aliphatic hydroxyl groups is 8. The highest BCUT2D eigenvalue weighted by Crippen LogP contribution is 2.41. The number of aliphatic hydroxyl groups excluding tert-OH is 8. The van der Waals surface area contributed by atoms with Crippen molar-refractivity contribution in [2.24, 2.45) is 34.9 Å². The van der Waals surface area contributed by atoms with Gasteiger partial charge >= 0.3 is 17.1 Å². The summed E-state index contributed by atoms with van der Waals surface area (Å²) < 4.78 is 6.66. The molecule has 1 saturated heterocycles. The Balaban J connectivity index is 0.920. The van der Waals surface area contributed by atoms with Crippen LogP contribution in [0.4, 0.5) is 11.4 Å². The fourth-order valence-electron chi connectivity index (χ4n) is 14.5. The molecule has 9 N–H and O–H groups in total. The van der Waals surface area contributed by atoms with Gasteiger partial charge in [0.2, 0.25) is 41.3 Å². The normalized spacial score (nSPS) is 14.2. The molecule has 9 aromatic heterocycles. The van der Waals surface area contributed by atoms with Crippen molar-refractivity contribution in [2.75, 3.05) is 83.8 Å². The number of aromatic nitrogens is 8. The Morgan fingerprint density at radius 2 is 0.710 bits per heavy atom. The van der Waals surface area contributed by atoms with E-state index in [2.05, 4.69) is 59.8 Å². The number of benzene rings is 3. The van der Waals surface area contributed by atoms with Crippen LogP contribution in [0.5, 0.6) is 0 Å². The molecule has 12 aromatic rings. The number of nitrogens with zero attached hydrogens (tertiary/aromatic N) is 22. The molecule has 0 saturated carbocycles. The molecule has 672 valence electrons. The van der Waals surface area contributed by atoms with Crippen LogP contribution in [0.2, 0.25) is 0 Å². The van der Waals surface area contributed by atoms with Crippen LogP contribution >= 0.6 is 0 Å². The Morgan fingerprint density at radius 3 is 1.02 bits per heavy atom. The van der Waals surface area contributed by atoms with Gasteiger partial charge in [-0.2, -0.15) is 0 Å². The minimum atomic E-state index is -1.60. The first kappa shape index (κ1) is 93.0. The van der Waals surface area contributed by atoms with Crippen molar-refractivity contribution < 1.29 is 64.5 Å². The van der Waals surface area contributed by atoms with Crippen LogP contribution in [0.25, 0.3) is 33.1 Å². The zero-order valence-corrected chi connectivity index (χ0v) is 72.5. The van der Waals surface area contributed by atoms with Crippen LogP contribution in [0.3, 0.4) is 0 Å². The predicted molar refractivity (Wildman–Crippen MR) is 499 cm³/mol. The third-order valence-electron chi connectivity index (χ3n) is 20.8. The second kappa shape index (κ2) is 45.7. The molecular formula is C95H100N23O13+. The van der Waals surface area contributed by atoms with E-state index in [-0.39, 0.29) is 108 Å². The fourth-order valence-corrected chi connectivity index (χ4v) is 14.5. The smallest absolute Gasteiger partial charge is 0.363 e. The zero-order valence-electron chi connectivity index (χ0n) is 72.5. The highest BCUT2D eigenvalue weighted by atomic mass is 16.7. The van der Waals surface area contributed by atoms with Crippen LogP contribution in [0, 0.1) is 5.41 Å². The van der Waals surface area contributed by atoms with Gasteiger partial charge < -0.3 is 55.5 Å². The second-order valence-corrected chi connectivity index (χ2v) is 31.2. The lowest BCUT2D eigenvalue weighted by atomic mass is 9.91. The minimum absolute atomic E-state index is 0.0197. The number of carbonyl (C=O) groups is 3. The SMILES string of the molecule is CN(C)c1ccc2c(-c3cc(C(=O)ON4C(=O)CCC4=O)ccc3C(O)=NCC(O)=NC(CN(Cc3ccccn3)Cc3ccccn3)C(O)=NC(CN(Cc3ccccn3)Cc3ccccn3)C(O)=NCC(O)=NC(CN(Cc3ccccn3)Cc3ccccn3)C(O)=NC(CN(Cc3ccccn3)Cc3ccccn3)C(O)=NCC(=N)O)c3ccc(N(C)C)cc3[o+]c2c1. The van der Waals surface area contributed by atoms with Crippen LogP contribution in [-0.2, 0) is 66.8 Å². The third-order valence-corrected chi connectivity index (χ3v) is 20.8. The van der Waals surface area contributed by atoms with Crippen molar-refractivity contribution in [3.05, 3.63) is 306 Å². The number of nitrogens with one attached hydrogen (secondary N) is 1. The summed E-state index contributed by atoms with van der Waals surface area (Å²) in [5, 5.41) is 108. The molecule has 3 aromatic carbocycles. The number of rotatable bonds is 44. The number of aliphatic imine (C=N–C) groups is 7. The van der Waals surface area contributed by atoms with Gasteiger partial charge in [0.25, 0.3) is 11.8 Å². The van der Waals surface area contributed by atoms with Gasteiger partial charge in [-0.05, 0) is 145 Å². The van der Waals surface area contributed by atoms with Crippen LogP contribution in [0.15, 0.2) is 289 Å². The summed E-state index contributed by atoms with van der Waals surface area (Å²) in [6.45, 7) is -2.11. The maximum Gasteiger partial charge on any atom is 0.363 e. The Labute approximate surface area is 754 Å². The summed E-state index contributed by atoms with van der Waals surface area (Å²) in [5.41, 5.74) is 7.75. The maximum atomic E-state index is 14.2. The van der Waals surface area contributed by atoms with Crippen LogP contribution in [0.1, 0.15) is 74.3 Å². The summed E-state index contributed by atoms with van der Waals surface area (Å²) in [6.07, 6.45) is 12.7. The monoisotopic (exact) mass is 1770 g/mol. The number of hydrogen-bond acceptors (Lipinski definition) is 26. The lowest BCUT2D eigenvalue weighted by Crippen LogP contribution is -2.40. The number of hydroxylamine groups is 2. The van der Waals surface area contributed by atoms with Gasteiger partial charge in [0, 0.05) is 192 Å². The molecule has 36 nitrogen and oxygen atoms in total. The van der Waals surface area contributed by atoms with E-state index < -0.39 is 109 Å². The molecule has 13 rings (SSSR count). The van der Waals surface area contributed by atoms with E-state index in [0.717, 1.165) is 11.4 Å². The van der Waals surface area contributed by atoms with Crippen molar-refractivity contribution in [3.8, 4) is 11.1 Å². The van der Waals surface area contributed by atoms with Crippen molar-refractivity contribution in [2.45, 2.75) is 89.4 Å². The van der Waals surface area contributed by atoms with Gasteiger partial charge in [0.1, 0.15) is 43.8 Å². The molecule has 0 bridgehead atoms. The van der Waals surface area contributed by atoms with E-state index in [1.165, 1.54) is 18.2 Å². The van der Waals surface area contributed by atoms with Crippen molar-refractivity contribution in [1.29, 1.82) is 5.41 Å². The average Bonchev–Trinajstić information content (AvgIpc) is 1.04. The quantitative estimate of drug-likeness (QED) is 0.00563. The van der Waals surface area contributed by atoms with Gasteiger partial charge in [-0.3, -0.25) is 74.5 Å². The highest BCUT2D eigenvalue weighted by Gasteiger charge is 2.36. The molecule has 1 fully saturated rings. The largest absolute Gasteiger partial charge is 0.495 e. The Hall–Kier alpha value is -15.7. The zero-order chi connectivity index (χ0) is 92.1. The van der Waals surface area contributed by atoms with E-state index in [1.54, 1.807) is 135 Å². The molecule has 1 aliphatic heterocycles. The first-order valence-corrected chi connectivity index (χ1v) is 42.0. The molecule has 10 heterocycles. The van der Waals surface area contributed by atoms with Gasteiger partial charge in [-0.1, -0.05) is 48.5 Å². The topological polar surface area (TPSA) is 470 Å². The number of carbonyl (C=O) groups excluding carboxylic acids is 3. The minimum Gasteiger partial charge on any atom is -0.495 e. The van der Waals surface area contributed by atoms with E-state index in [4.69, 9.17) is 29.6 Å². The van der Waals surface area contributed by atoms with Gasteiger partial charge in [-0.15, -0.1) is 5.06 Å². The standard InChI is InChI=1S/C95H99N23O13/c1-112(2)72-30-33-75-82(46-72)130-83-47-73(113(3)4)31-34-76(83)89(75)77-45-63(95(129)131-118-87(122)35-36-88(118)123)29-32-74(77)90(124)106-49-85(120)108-80(61-116(55-68-25-9-17-41-101-68)56-69-26-10-18-42-102-69)94(128)111-79(60-115(53-66-23-7-15-39-99-66)54-67-24-8-16-40-100-67)92(126)107-50-86(121)109-81(62-117(57-70-27-11-19-43-103-70)58-71-28-12-20-44-104-71)93(127)110-78(91(125)105-48-84(96)119)59-114(51-64-21-5-13-37-97-64)52-65-22-6-14-38-98-65/h5-34,37-47,78-81H,35-36,48-62H2,1-4H3,(H8-,96,105,106,107,108,109,110,111,119,120,121,124,125,126,127,128)/p+1. The van der Waals surface area contributed by atoms with Crippen LogP contribution < -0.4 is 9.80 Å². The Kier molecular flexibility index (Phi) is 32.4. The van der Waals surface area contributed by atoms with Crippen molar-refractivity contribution >= 4 is 98.3 Å². The molecule has 4 atom stereocenters. The third kappa shape index (κ3) is 27.0. The van der Waals surface area contributed by atoms with Gasteiger partial charge in [0.05, 0.1) is 74.0 Å². The van der Waals surface area contributed by atoms with Crippen molar-refractivity contribution in [3.63, 3.8) is 0 Å². The number of anilines is 2. The van der Waals surface area contributed by atoms with E-state index in [1.807, 2.05) is 155 Å². The first-order valence-electron chi connectivity index (χ1n) is 42.0. The van der Waals surface area contributed by atoms with E-state index >= 15 is 0 Å². The summed E-state index contributed by atoms with van der Waals surface area (Å²) in [6, 6.07) is 52.1. The second-order valence-electron chi connectivity index (χ2n) is 31.2. The highest BCUT2D eigenvalue weighted by molar-refractivity contribution is 6.14. The number of pyridine rings is 8. The summed E-state index contributed by atoms with van der Waals surface area (Å²) >= 11 is 0. The molecule has 0 radical (unpaired) electrons. The first-order chi connectivity index (χ1) is 63.5. The number of imide groups is 1. The molecule has 36 heteroatoms. The molecule has 4 unspecified atom stereocenters. The summed E-state index contributed by atoms with van der Waals surface area (Å²) in [4.78, 5) is 125. The molecule has 131 heavy (non-hydrogen) atoms.